The van der Waals surface area contributed by atoms with Gasteiger partial charge < -0.3 is 20.4 Å². The van der Waals surface area contributed by atoms with Gasteiger partial charge in [-0.05, 0) is 48.4 Å². The number of methoxy groups -OCH3 is 1. The van der Waals surface area contributed by atoms with Crippen LogP contribution in [0.5, 0.6) is 5.75 Å². The number of para-hydroxylation sites is 3. The number of aromatic nitrogens is 1. The van der Waals surface area contributed by atoms with Crippen LogP contribution in [0.15, 0.2) is 79.0 Å². The number of hydrogen-bond donors (Lipinski definition) is 3. The molecule has 35 heavy (non-hydrogen) atoms. The Labute approximate surface area is 204 Å². The fourth-order valence-electron chi connectivity index (χ4n) is 4.67. The normalized spacial score (nSPS) is 14.8. The second-order valence-electron chi connectivity index (χ2n) is 8.73. The number of amides is 2. The standard InChI is InChI=1S/C28H28N4O3/c1-18(28(34)32-17-27(33)31-25-9-5-6-10-26(25)32)29-15-22(19-11-13-20(35-2)14-12-19)23-16-30-24-8-4-3-7-21(23)24/h3-14,16,18,22,29-30H,15,17H2,1-2H3,(H,31,33)/t18-,22+/m1/s1. The summed E-state index contributed by atoms with van der Waals surface area (Å²) in [6, 6.07) is 23.1. The number of anilines is 2. The molecule has 2 atom stereocenters. The topological polar surface area (TPSA) is 86.5 Å². The van der Waals surface area contributed by atoms with Crippen LogP contribution in [0.2, 0.25) is 0 Å². The lowest BCUT2D eigenvalue weighted by atomic mass is 9.90. The first kappa shape index (κ1) is 22.7. The van der Waals surface area contributed by atoms with Crippen molar-refractivity contribution in [1.82, 2.24) is 10.3 Å². The predicted octanol–water partition coefficient (Wildman–Crippen LogP) is 4.27. The highest BCUT2D eigenvalue weighted by Gasteiger charge is 2.30. The molecule has 1 aromatic heterocycles. The summed E-state index contributed by atoms with van der Waals surface area (Å²) in [7, 11) is 1.65. The Balaban J connectivity index is 1.40. The summed E-state index contributed by atoms with van der Waals surface area (Å²) >= 11 is 0. The van der Waals surface area contributed by atoms with E-state index in [9.17, 15) is 9.59 Å². The first-order chi connectivity index (χ1) is 17.0. The number of rotatable bonds is 7. The first-order valence-corrected chi connectivity index (χ1v) is 11.7. The van der Waals surface area contributed by atoms with Crippen molar-refractivity contribution in [3.8, 4) is 5.75 Å². The van der Waals surface area contributed by atoms with Crippen molar-refractivity contribution in [2.24, 2.45) is 0 Å². The van der Waals surface area contributed by atoms with Crippen molar-refractivity contribution in [3.63, 3.8) is 0 Å². The Hall–Kier alpha value is -4.10. The van der Waals surface area contributed by atoms with E-state index >= 15 is 0 Å². The molecule has 0 saturated heterocycles. The number of aromatic amines is 1. The summed E-state index contributed by atoms with van der Waals surface area (Å²) in [4.78, 5) is 30.5. The largest absolute Gasteiger partial charge is 0.497 e. The molecule has 3 aromatic carbocycles. The van der Waals surface area contributed by atoms with E-state index in [0.717, 1.165) is 27.8 Å². The van der Waals surface area contributed by atoms with E-state index in [1.807, 2.05) is 61.7 Å². The number of H-pyrrole nitrogens is 1. The van der Waals surface area contributed by atoms with Gasteiger partial charge in [0.2, 0.25) is 11.8 Å². The lowest BCUT2D eigenvalue weighted by Gasteiger charge is -2.31. The number of nitrogens with one attached hydrogen (secondary N) is 3. The molecule has 0 unspecified atom stereocenters. The molecule has 2 heterocycles. The average molecular weight is 469 g/mol. The van der Waals surface area contributed by atoms with Gasteiger partial charge in [0.15, 0.2) is 0 Å². The van der Waals surface area contributed by atoms with Gasteiger partial charge in [0.05, 0.1) is 24.5 Å². The van der Waals surface area contributed by atoms with Gasteiger partial charge in [-0.1, -0.05) is 42.5 Å². The lowest BCUT2D eigenvalue weighted by molar-refractivity contribution is -0.123. The maximum atomic E-state index is 13.4. The summed E-state index contributed by atoms with van der Waals surface area (Å²) in [6.45, 7) is 2.40. The third kappa shape index (κ3) is 4.50. The Morgan fingerprint density at radius 2 is 1.80 bits per heavy atom. The molecule has 1 aliphatic rings. The van der Waals surface area contributed by atoms with Gasteiger partial charge in [-0.2, -0.15) is 0 Å². The Morgan fingerprint density at radius 1 is 1.06 bits per heavy atom. The van der Waals surface area contributed by atoms with E-state index in [-0.39, 0.29) is 24.3 Å². The molecule has 7 nitrogen and oxygen atoms in total. The van der Waals surface area contributed by atoms with Gasteiger partial charge in [-0.15, -0.1) is 0 Å². The van der Waals surface area contributed by atoms with Gasteiger partial charge in [0, 0.05) is 29.6 Å². The van der Waals surface area contributed by atoms with Gasteiger partial charge in [0.1, 0.15) is 12.3 Å². The summed E-state index contributed by atoms with van der Waals surface area (Å²) in [5.41, 5.74) is 4.71. The molecule has 0 aliphatic carbocycles. The predicted molar refractivity (Wildman–Crippen MR) is 138 cm³/mol. The SMILES string of the molecule is COc1ccc([C@H](CN[C@H](C)C(=O)N2CC(=O)Nc3ccccc32)c2c[nH]c3ccccc23)cc1. The fraction of sp³-hybridized carbons (Fsp3) is 0.214. The van der Waals surface area contributed by atoms with Crippen LogP contribution in [0, 0.1) is 0 Å². The molecule has 2 amide bonds. The van der Waals surface area contributed by atoms with Crippen molar-refractivity contribution in [1.29, 1.82) is 0 Å². The highest BCUT2D eigenvalue weighted by Crippen LogP contribution is 2.32. The monoisotopic (exact) mass is 468 g/mol. The van der Waals surface area contributed by atoms with Crippen LogP contribution in [0.25, 0.3) is 10.9 Å². The molecule has 1 aliphatic heterocycles. The number of carbonyl (C=O) groups is 2. The number of nitrogens with zero attached hydrogens (tertiary/aromatic N) is 1. The number of hydrogen-bond acceptors (Lipinski definition) is 4. The minimum Gasteiger partial charge on any atom is -0.497 e. The maximum absolute atomic E-state index is 13.4. The molecule has 7 heteroatoms. The molecule has 3 N–H and O–H groups in total. The molecule has 4 aromatic rings. The third-order valence-electron chi connectivity index (χ3n) is 6.55. The molecule has 0 fully saturated rings. The lowest BCUT2D eigenvalue weighted by Crippen LogP contribution is -2.50. The summed E-state index contributed by atoms with van der Waals surface area (Å²) in [5, 5.41) is 7.42. The summed E-state index contributed by atoms with van der Waals surface area (Å²) < 4.78 is 5.34. The summed E-state index contributed by atoms with van der Waals surface area (Å²) in [6.07, 6.45) is 2.04. The average Bonchev–Trinajstić information content (AvgIpc) is 3.32. The highest BCUT2D eigenvalue weighted by atomic mass is 16.5. The van der Waals surface area contributed by atoms with Crippen LogP contribution in [0.4, 0.5) is 11.4 Å². The van der Waals surface area contributed by atoms with Crippen LogP contribution < -0.4 is 20.3 Å². The van der Waals surface area contributed by atoms with Gasteiger partial charge in [0.25, 0.3) is 0 Å². The van der Waals surface area contributed by atoms with Crippen LogP contribution in [0.3, 0.4) is 0 Å². The number of benzene rings is 3. The van der Waals surface area contributed by atoms with E-state index in [0.29, 0.717) is 17.9 Å². The van der Waals surface area contributed by atoms with Crippen LogP contribution in [-0.2, 0) is 9.59 Å². The zero-order valence-corrected chi connectivity index (χ0v) is 19.7. The van der Waals surface area contributed by atoms with Crippen molar-refractivity contribution in [3.05, 3.63) is 90.1 Å². The fourth-order valence-corrected chi connectivity index (χ4v) is 4.67. The quantitative estimate of drug-likeness (QED) is 0.378. The molecule has 178 valence electrons. The zero-order valence-electron chi connectivity index (χ0n) is 19.7. The van der Waals surface area contributed by atoms with E-state index in [2.05, 4.69) is 39.9 Å². The second-order valence-corrected chi connectivity index (χ2v) is 8.73. The molecule has 0 spiro atoms. The van der Waals surface area contributed by atoms with E-state index < -0.39 is 6.04 Å². The number of ether oxygens (including phenoxy) is 1. The molecule has 0 saturated carbocycles. The van der Waals surface area contributed by atoms with E-state index in [4.69, 9.17) is 4.74 Å². The number of carbonyl (C=O) groups excluding carboxylic acids is 2. The third-order valence-corrected chi connectivity index (χ3v) is 6.55. The smallest absolute Gasteiger partial charge is 0.244 e. The first-order valence-electron chi connectivity index (χ1n) is 11.7. The van der Waals surface area contributed by atoms with E-state index in [1.54, 1.807) is 12.0 Å². The van der Waals surface area contributed by atoms with Crippen LogP contribution in [-0.4, -0.2) is 43.0 Å². The minimum atomic E-state index is -0.486. The van der Waals surface area contributed by atoms with Crippen molar-refractivity contribution >= 4 is 34.1 Å². The zero-order chi connectivity index (χ0) is 24.4. The van der Waals surface area contributed by atoms with Gasteiger partial charge in [-0.3, -0.25) is 14.5 Å². The highest BCUT2D eigenvalue weighted by molar-refractivity contribution is 6.11. The summed E-state index contributed by atoms with van der Waals surface area (Å²) in [5.74, 6) is 0.466. The molecule has 0 bridgehead atoms. The molecule has 5 rings (SSSR count). The molecular formula is C28H28N4O3. The maximum Gasteiger partial charge on any atom is 0.244 e. The van der Waals surface area contributed by atoms with Crippen LogP contribution in [0.1, 0.15) is 24.0 Å². The Morgan fingerprint density at radius 3 is 2.60 bits per heavy atom. The Kier molecular flexibility index (Phi) is 6.25. The van der Waals surface area contributed by atoms with Crippen molar-refractivity contribution in [2.45, 2.75) is 18.9 Å². The second kappa shape index (κ2) is 9.64. The number of fused-ring (bicyclic) bond motifs is 2. The molecular weight excluding hydrogens is 440 g/mol. The van der Waals surface area contributed by atoms with Gasteiger partial charge >= 0.3 is 0 Å². The van der Waals surface area contributed by atoms with Crippen molar-refractivity contribution < 1.29 is 14.3 Å². The van der Waals surface area contributed by atoms with Gasteiger partial charge in [-0.25, -0.2) is 0 Å². The van der Waals surface area contributed by atoms with Crippen molar-refractivity contribution in [2.75, 3.05) is 30.4 Å². The Bertz CT molecular complexity index is 1360. The van der Waals surface area contributed by atoms with Crippen LogP contribution >= 0.6 is 0 Å². The molecule has 0 radical (unpaired) electrons. The van der Waals surface area contributed by atoms with E-state index in [1.165, 1.54) is 0 Å². The minimum absolute atomic E-state index is 0.00393.